The van der Waals surface area contributed by atoms with Gasteiger partial charge in [-0.25, -0.2) is 4.79 Å². The Balaban J connectivity index is 1.87. The van der Waals surface area contributed by atoms with E-state index >= 15 is 0 Å². The molecule has 2 rings (SSSR count). The maximum absolute atomic E-state index is 11.5. The minimum Gasteiger partial charge on any atom is -0.421 e. The zero-order chi connectivity index (χ0) is 24.6. The van der Waals surface area contributed by atoms with Crippen molar-refractivity contribution in [2.75, 3.05) is 0 Å². The van der Waals surface area contributed by atoms with Gasteiger partial charge in [0, 0.05) is 18.6 Å². The van der Waals surface area contributed by atoms with Crippen LogP contribution in [0.25, 0.3) is 0 Å². The zero-order valence-electron chi connectivity index (χ0n) is 20.6. The predicted molar refractivity (Wildman–Crippen MR) is 127 cm³/mol. The van der Waals surface area contributed by atoms with Crippen molar-refractivity contribution in [3.05, 3.63) is 46.1 Å². The topological polar surface area (TPSA) is 89.9 Å². The van der Waals surface area contributed by atoms with Crippen LogP contribution in [0.3, 0.4) is 0 Å². The fourth-order valence-electron chi connectivity index (χ4n) is 4.65. The van der Waals surface area contributed by atoms with Gasteiger partial charge in [-0.2, -0.15) is 0 Å². The second-order valence-corrected chi connectivity index (χ2v) is 9.76. The molecule has 1 aliphatic heterocycles. The number of esters is 2. The van der Waals surface area contributed by atoms with Gasteiger partial charge in [-0.15, -0.1) is 0 Å². The Bertz CT molecular complexity index is 871. The Morgan fingerprint density at radius 2 is 2.03 bits per heavy atom. The molecule has 2 aliphatic rings. The molecule has 6 heteroatoms. The van der Waals surface area contributed by atoms with Crippen LogP contribution in [0.5, 0.6) is 0 Å². The Kier molecular flexibility index (Phi) is 9.84. The smallest absolute Gasteiger partial charge is 0.334 e. The molecule has 2 atom stereocenters. The summed E-state index contributed by atoms with van der Waals surface area (Å²) < 4.78 is 9.80. The fourth-order valence-corrected chi connectivity index (χ4v) is 4.65. The van der Waals surface area contributed by atoms with E-state index in [4.69, 9.17) is 9.47 Å². The molecule has 0 unspecified atom stereocenters. The van der Waals surface area contributed by atoms with E-state index in [1.54, 1.807) is 17.2 Å². The molecule has 1 aliphatic carbocycles. The number of aldehydes is 1. The van der Waals surface area contributed by atoms with E-state index in [9.17, 15) is 19.5 Å². The lowest BCUT2D eigenvalue weighted by molar-refractivity contribution is -0.173. The van der Waals surface area contributed by atoms with Crippen LogP contribution in [0.4, 0.5) is 0 Å². The highest BCUT2D eigenvalue weighted by atomic mass is 16.7. The van der Waals surface area contributed by atoms with E-state index < -0.39 is 24.3 Å². The molecular weight excluding hydrogens is 420 g/mol. The first kappa shape index (κ1) is 26.8. The summed E-state index contributed by atoms with van der Waals surface area (Å²) in [6.45, 7) is 10.3. The molecule has 0 aromatic rings. The van der Waals surface area contributed by atoms with Crippen LogP contribution in [0.2, 0.25) is 0 Å². The number of aliphatic hydroxyl groups excluding tert-OH is 1. The van der Waals surface area contributed by atoms with E-state index in [0.29, 0.717) is 12.0 Å². The molecule has 0 aromatic heterocycles. The van der Waals surface area contributed by atoms with Crippen molar-refractivity contribution in [2.24, 2.45) is 5.41 Å². The van der Waals surface area contributed by atoms with E-state index in [-0.39, 0.29) is 17.4 Å². The van der Waals surface area contributed by atoms with Crippen LogP contribution in [0, 0.1) is 5.41 Å². The van der Waals surface area contributed by atoms with Crippen LogP contribution < -0.4 is 0 Å². The first-order valence-electron chi connectivity index (χ1n) is 11.8. The standard InChI is InChI=1S/C27H38O6/c1-18(11-13-23-19(2)9-7-15-27(23,4)5)8-6-10-21(17-28)12-14-24(30)22-16-25(31)33-26(22)32-20(3)29/h8,12,16-17,24,26,30H,6-7,9-11,13-15H2,1-5H3/t24-,26+/m1/s1. The Labute approximate surface area is 197 Å². The normalized spacial score (nSPS) is 22.1. The van der Waals surface area contributed by atoms with E-state index in [0.717, 1.165) is 31.6 Å². The van der Waals surface area contributed by atoms with Crippen LogP contribution in [0.1, 0.15) is 86.0 Å². The van der Waals surface area contributed by atoms with Crippen molar-refractivity contribution in [3.63, 3.8) is 0 Å². The van der Waals surface area contributed by atoms with E-state index in [2.05, 4.69) is 33.8 Å². The molecule has 6 nitrogen and oxygen atoms in total. The van der Waals surface area contributed by atoms with Crippen molar-refractivity contribution in [3.8, 4) is 0 Å². The quantitative estimate of drug-likeness (QED) is 0.196. The number of rotatable bonds is 11. The SMILES string of the molecule is CC(=O)O[C@H]1OC(=O)C=C1[C@H](O)CC=C(C=O)CCC=C(C)CCC1=C(C)CCCC1(C)C. The molecule has 182 valence electrons. The number of cyclic esters (lactones) is 1. The Morgan fingerprint density at radius 3 is 2.67 bits per heavy atom. The first-order valence-corrected chi connectivity index (χ1v) is 11.8. The maximum Gasteiger partial charge on any atom is 0.334 e. The summed E-state index contributed by atoms with van der Waals surface area (Å²) in [5.41, 5.74) is 5.51. The molecule has 0 amide bonds. The van der Waals surface area contributed by atoms with Gasteiger partial charge in [-0.05, 0) is 76.2 Å². The molecule has 1 heterocycles. The van der Waals surface area contributed by atoms with Crippen molar-refractivity contribution in [1.82, 2.24) is 0 Å². The number of hydrogen-bond donors (Lipinski definition) is 1. The second-order valence-electron chi connectivity index (χ2n) is 9.76. The van der Waals surface area contributed by atoms with Gasteiger partial charge in [0.1, 0.15) is 6.29 Å². The van der Waals surface area contributed by atoms with Crippen LogP contribution in [-0.2, 0) is 23.9 Å². The Morgan fingerprint density at radius 1 is 1.30 bits per heavy atom. The highest BCUT2D eigenvalue weighted by Gasteiger charge is 2.33. The number of carbonyl (C=O) groups is 3. The summed E-state index contributed by atoms with van der Waals surface area (Å²) >= 11 is 0. The molecule has 0 spiro atoms. The zero-order valence-corrected chi connectivity index (χ0v) is 20.6. The summed E-state index contributed by atoms with van der Waals surface area (Å²) in [7, 11) is 0. The fraction of sp³-hybridized carbons (Fsp3) is 0.593. The minimum absolute atomic E-state index is 0.125. The van der Waals surface area contributed by atoms with Crippen molar-refractivity contribution in [2.45, 2.75) is 98.4 Å². The van der Waals surface area contributed by atoms with Crippen molar-refractivity contribution in [1.29, 1.82) is 0 Å². The Hall–Kier alpha value is -2.47. The van der Waals surface area contributed by atoms with Gasteiger partial charge < -0.3 is 14.6 Å². The van der Waals surface area contributed by atoms with Gasteiger partial charge >= 0.3 is 11.9 Å². The number of aliphatic hydroxyl groups is 1. The van der Waals surface area contributed by atoms with Gasteiger partial charge in [0.15, 0.2) is 0 Å². The molecule has 0 bridgehead atoms. The van der Waals surface area contributed by atoms with Crippen LogP contribution in [-0.4, -0.2) is 35.7 Å². The summed E-state index contributed by atoms with van der Waals surface area (Å²) in [6.07, 6.45) is 10.8. The summed E-state index contributed by atoms with van der Waals surface area (Å²) in [5, 5.41) is 10.4. The molecule has 0 fully saturated rings. The molecular formula is C27H38O6. The molecule has 33 heavy (non-hydrogen) atoms. The highest BCUT2D eigenvalue weighted by molar-refractivity contribution is 5.86. The molecule has 1 N–H and O–H groups in total. The van der Waals surface area contributed by atoms with E-state index in [1.165, 1.54) is 31.8 Å². The van der Waals surface area contributed by atoms with Gasteiger partial charge in [-0.3, -0.25) is 9.59 Å². The van der Waals surface area contributed by atoms with Crippen LogP contribution in [0.15, 0.2) is 46.1 Å². The van der Waals surface area contributed by atoms with Crippen molar-refractivity contribution < 1.29 is 29.0 Å². The van der Waals surface area contributed by atoms with E-state index in [1.807, 2.05) is 0 Å². The van der Waals surface area contributed by atoms with Gasteiger partial charge in [-0.1, -0.05) is 42.7 Å². The van der Waals surface area contributed by atoms with Gasteiger partial charge in [0.25, 0.3) is 6.29 Å². The monoisotopic (exact) mass is 458 g/mol. The third kappa shape index (κ3) is 8.11. The van der Waals surface area contributed by atoms with Gasteiger partial charge in [0.2, 0.25) is 0 Å². The first-order chi connectivity index (χ1) is 15.5. The number of allylic oxidation sites excluding steroid dienone is 5. The summed E-state index contributed by atoms with van der Waals surface area (Å²) in [4.78, 5) is 34.1. The third-order valence-electron chi connectivity index (χ3n) is 6.57. The molecule has 0 saturated carbocycles. The maximum atomic E-state index is 11.5. The van der Waals surface area contributed by atoms with Gasteiger partial charge in [0.05, 0.1) is 6.10 Å². The molecule has 0 aromatic carbocycles. The lowest BCUT2D eigenvalue weighted by Crippen LogP contribution is -2.25. The largest absolute Gasteiger partial charge is 0.421 e. The van der Waals surface area contributed by atoms with Crippen LogP contribution >= 0.6 is 0 Å². The predicted octanol–water partition coefficient (Wildman–Crippen LogP) is 5.27. The number of hydrogen-bond acceptors (Lipinski definition) is 6. The average molecular weight is 459 g/mol. The lowest BCUT2D eigenvalue weighted by atomic mass is 9.71. The molecule has 0 saturated heterocycles. The highest BCUT2D eigenvalue weighted by Crippen LogP contribution is 2.42. The minimum atomic E-state index is -1.21. The number of ether oxygens (including phenoxy) is 2. The summed E-state index contributed by atoms with van der Waals surface area (Å²) in [6, 6.07) is 0. The second kappa shape index (κ2) is 12.1. The summed E-state index contributed by atoms with van der Waals surface area (Å²) in [5.74, 6) is -1.28. The van der Waals surface area contributed by atoms with Crippen molar-refractivity contribution >= 4 is 18.2 Å². The lowest BCUT2D eigenvalue weighted by Gasteiger charge is -2.35. The molecule has 0 radical (unpaired) electrons. The number of carbonyl (C=O) groups excluding carboxylic acids is 3. The third-order valence-corrected chi connectivity index (χ3v) is 6.57. The average Bonchev–Trinajstić information content (AvgIpc) is 3.08.